The van der Waals surface area contributed by atoms with Crippen LogP contribution < -0.4 is 4.72 Å². The molecule has 0 atom stereocenters. The summed E-state index contributed by atoms with van der Waals surface area (Å²) in [7, 11) is -3.65. The smallest absolute Gasteiger partial charge is 0.242 e. The third kappa shape index (κ3) is 3.35. The minimum absolute atomic E-state index is 0.00334. The number of carbonyl (C=O) groups is 1. The third-order valence-corrected chi connectivity index (χ3v) is 4.94. The summed E-state index contributed by atoms with van der Waals surface area (Å²) in [6.07, 6.45) is 2.47. The SMILES string of the molecule is CCCNS(=O)(=O)c1cc(C(=O)C2CC2)ccc1Cl. The molecule has 0 aliphatic heterocycles. The van der Waals surface area contributed by atoms with E-state index in [1.54, 1.807) is 6.07 Å². The van der Waals surface area contributed by atoms with Crippen LogP contribution in [0.25, 0.3) is 0 Å². The van der Waals surface area contributed by atoms with Crippen molar-refractivity contribution < 1.29 is 13.2 Å². The van der Waals surface area contributed by atoms with E-state index in [1.165, 1.54) is 12.1 Å². The maximum atomic E-state index is 12.1. The number of halogens is 1. The molecule has 0 radical (unpaired) electrons. The quantitative estimate of drug-likeness (QED) is 0.822. The second-order valence-corrected chi connectivity index (χ2v) is 6.82. The van der Waals surface area contributed by atoms with Crippen LogP contribution in [0, 0.1) is 5.92 Å². The van der Waals surface area contributed by atoms with Crippen molar-refractivity contribution in [2.45, 2.75) is 31.1 Å². The van der Waals surface area contributed by atoms with Crippen molar-refractivity contribution in [3.8, 4) is 0 Å². The molecule has 0 amide bonds. The summed E-state index contributed by atoms with van der Waals surface area (Å²) in [5, 5.41) is 0.135. The van der Waals surface area contributed by atoms with Crippen molar-refractivity contribution in [3.05, 3.63) is 28.8 Å². The number of rotatable bonds is 6. The maximum absolute atomic E-state index is 12.1. The first-order valence-electron chi connectivity index (χ1n) is 6.29. The van der Waals surface area contributed by atoms with Crippen LogP contribution in [0.3, 0.4) is 0 Å². The molecule has 1 N–H and O–H groups in total. The Labute approximate surface area is 118 Å². The summed E-state index contributed by atoms with van der Waals surface area (Å²) in [5.74, 6) is 0.0592. The Kier molecular flexibility index (Phi) is 4.28. The first kappa shape index (κ1) is 14.5. The number of ketones is 1. The van der Waals surface area contributed by atoms with Gasteiger partial charge in [-0.15, -0.1) is 0 Å². The maximum Gasteiger partial charge on any atom is 0.242 e. The zero-order valence-corrected chi connectivity index (χ0v) is 12.2. The zero-order chi connectivity index (χ0) is 14.0. The minimum atomic E-state index is -3.65. The monoisotopic (exact) mass is 301 g/mol. The van der Waals surface area contributed by atoms with Crippen LogP contribution >= 0.6 is 11.6 Å². The van der Waals surface area contributed by atoms with Crippen molar-refractivity contribution in [1.82, 2.24) is 4.72 Å². The standard InChI is InChI=1S/C13H16ClNO3S/c1-2-7-15-19(17,18)12-8-10(5-6-11(12)14)13(16)9-3-4-9/h5-6,8-9,15H,2-4,7H2,1H3. The average Bonchev–Trinajstić information content (AvgIpc) is 3.20. The van der Waals surface area contributed by atoms with Crippen LogP contribution in [0.1, 0.15) is 36.5 Å². The lowest BCUT2D eigenvalue weighted by Crippen LogP contribution is -2.25. The van der Waals surface area contributed by atoms with Gasteiger partial charge >= 0.3 is 0 Å². The van der Waals surface area contributed by atoms with Crippen LogP contribution in [-0.2, 0) is 10.0 Å². The highest BCUT2D eigenvalue weighted by atomic mass is 35.5. The molecule has 1 aliphatic rings. The van der Waals surface area contributed by atoms with Gasteiger partial charge in [-0.3, -0.25) is 4.79 Å². The van der Waals surface area contributed by atoms with E-state index in [9.17, 15) is 13.2 Å². The Morgan fingerprint density at radius 3 is 2.68 bits per heavy atom. The third-order valence-electron chi connectivity index (χ3n) is 3.00. The van der Waals surface area contributed by atoms with Crippen molar-refractivity contribution in [2.75, 3.05) is 6.54 Å². The number of nitrogens with one attached hydrogen (secondary N) is 1. The Morgan fingerprint density at radius 1 is 1.42 bits per heavy atom. The average molecular weight is 302 g/mol. The molecular formula is C13H16ClNO3S. The highest BCUT2D eigenvalue weighted by Gasteiger charge is 2.31. The van der Waals surface area contributed by atoms with Gasteiger partial charge in [-0.25, -0.2) is 13.1 Å². The molecule has 19 heavy (non-hydrogen) atoms. The fourth-order valence-electron chi connectivity index (χ4n) is 1.76. The largest absolute Gasteiger partial charge is 0.294 e. The molecule has 0 spiro atoms. The van der Waals surface area contributed by atoms with E-state index in [-0.39, 0.29) is 21.6 Å². The van der Waals surface area contributed by atoms with Gasteiger partial charge in [0.25, 0.3) is 0 Å². The fraction of sp³-hybridized carbons (Fsp3) is 0.462. The second kappa shape index (κ2) is 5.61. The van der Waals surface area contributed by atoms with E-state index in [2.05, 4.69) is 4.72 Å². The topological polar surface area (TPSA) is 63.2 Å². The number of sulfonamides is 1. The second-order valence-electron chi connectivity index (χ2n) is 4.68. The summed E-state index contributed by atoms with van der Waals surface area (Å²) in [5.41, 5.74) is 0.420. The Bertz CT molecular complexity index is 594. The molecule has 1 aromatic rings. The summed E-state index contributed by atoms with van der Waals surface area (Å²) in [4.78, 5) is 11.9. The van der Waals surface area contributed by atoms with Crippen LogP contribution in [0.15, 0.2) is 23.1 Å². The van der Waals surface area contributed by atoms with Gasteiger partial charge in [0.2, 0.25) is 10.0 Å². The van der Waals surface area contributed by atoms with E-state index < -0.39 is 10.0 Å². The molecule has 0 saturated heterocycles. The lowest BCUT2D eigenvalue weighted by Gasteiger charge is -2.09. The lowest BCUT2D eigenvalue weighted by atomic mass is 10.1. The predicted octanol–water partition coefficient (Wildman–Crippen LogP) is 2.62. The van der Waals surface area contributed by atoms with Gasteiger partial charge in [0, 0.05) is 18.0 Å². The van der Waals surface area contributed by atoms with Crippen molar-refractivity contribution in [2.24, 2.45) is 5.92 Å². The van der Waals surface area contributed by atoms with Crippen molar-refractivity contribution in [3.63, 3.8) is 0 Å². The van der Waals surface area contributed by atoms with E-state index in [1.807, 2.05) is 6.92 Å². The van der Waals surface area contributed by atoms with E-state index >= 15 is 0 Å². The Hall–Kier alpha value is -0.910. The number of benzene rings is 1. The van der Waals surface area contributed by atoms with Gasteiger partial charge in [-0.2, -0.15) is 0 Å². The number of Topliss-reactive ketones (excluding diaryl/α,β-unsaturated/α-hetero) is 1. The molecule has 0 bridgehead atoms. The van der Waals surface area contributed by atoms with Crippen LogP contribution in [0.5, 0.6) is 0 Å². The molecule has 6 heteroatoms. The fourth-order valence-corrected chi connectivity index (χ4v) is 3.42. The molecular weight excluding hydrogens is 286 g/mol. The van der Waals surface area contributed by atoms with E-state index in [0.29, 0.717) is 18.5 Å². The molecule has 1 aliphatic carbocycles. The summed E-state index contributed by atoms with van der Waals surface area (Å²) in [6.45, 7) is 2.22. The van der Waals surface area contributed by atoms with Crippen molar-refractivity contribution in [1.29, 1.82) is 0 Å². The Balaban J connectivity index is 2.33. The molecule has 2 rings (SSSR count). The first-order valence-corrected chi connectivity index (χ1v) is 8.15. The molecule has 1 aromatic carbocycles. The van der Waals surface area contributed by atoms with E-state index in [4.69, 9.17) is 11.6 Å². The number of carbonyl (C=O) groups excluding carboxylic acids is 1. The van der Waals surface area contributed by atoms with Gasteiger partial charge < -0.3 is 0 Å². The zero-order valence-electron chi connectivity index (χ0n) is 10.6. The minimum Gasteiger partial charge on any atom is -0.294 e. The van der Waals surface area contributed by atoms with Gasteiger partial charge in [-0.05, 0) is 37.5 Å². The molecule has 4 nitrogen and oxygen atoms in total. The summed E-state index contributed by atoms with van der Waals surface area (Å²) in [6, 6.07) is 4.43. The van der Waals surface area contributed by atoms with Gasteiger partial charge in [-0.1, -0.05) is 18.5 Å². The molecule has 0 aromatic heterocycles. The van der Waals surface area contributed by atoms with Gasteiger partial charge in [0.05, 0.1) is 5.02 Å². The van der Waals surface area contributed by atoms with Crippen LogP contribution in [0.2, 0.25) is 5.02 Å². The van der Waals surface area contributed by atoms with Gasteiger partial charge in [0.1, 0.15) is 4.90 Å². The molecule has 1 fully saturated rings. The predicted molar refractivity (Wildman–Crippen MR) is 74.0 cm³/mol. The van der Waals surface area contributed by atoms with Gasteiger partial charge in [0.15, 0.2) is 5.78 Å². The molecule has 0 heterocycles. The van der Waals surface area contributed by atoms with Crippen molar-refractivity contribution >= 4 is 27.4 Å². The summed E-state index contributed by atoms with van der Waals surface area (Å²) < 4.78 is 26.6. The summed E-state index contributed by atoms with van der Waals surface area (Å²) >= 11 is 5.93. The first-order chi connectivity index (χ1) is 8.95. The highest BCUT2D eigenvalue weighted by Crippen LogP contribution is 2.34. The molecule has 0 unspecified atom stereocenters. The number of hydrogen-bond acceptors (Lipinski definition) is 3. The Morgan fingerprint density at radius 2 is 2.11 bits per heavy atom. The number of hydrogen-bond donors (Lipinski definition) is 1. The van der Waals surface area contributed by atoms with Crippen LogP contribution in [-0.4, -0.2) is 20.7 Å². The molecule has 1 saturated carbocycles. The van der Waals surface area contributed by atoms with E-state index in [0.717, 1.165) is 12.8 Å². The van der Waals surface area contributed by atoms with Crippen LogP contribution in [0.4, 0.5) is 0 Å². The lowest BCUT2D eigenvalue weighted by molar-refractivity contribution is 0.0967. The highest BCUT2D eigenvalue weighted by molar-refractivity contribution is 7.89. The normalized spacial score (nSPS) is 15.5. The molecule has 104 valence electrons.